The van der Waals surface area contributed by atoms with Crippen molar-refractivity contribution in [1.29, 1.82) is 0 Å². The number of nitrogens with one attached hydrogen (secondary N) is 2. The van der Waals surface area contributed by atoms with Crippen molar-refractivity contribution in [2.45, 2.75) is 6.92 Å². The van der Waals surface area contributed by atoms with E-state index in [2.05, 4.69) is 20.9 Å². The summed E-state index contributed by atoms with van der Waals surface area (Å²) in [7, 11) is 0. The zero-order valence-corrected chi connectivity index (χ0v) is 8.42. The van der Waals surface area contributed by atoms with E-state index in [0.29, 0.717) is 6.54 Å². The van der Waals surface area contributed by atoms with Crippen LogP contribution in [0.1, 0.15) is 6.92 Å². The van der Waals surface area contributed by atoms with Gasteiger partial charge in [-0.15, -0.1) is 0 Å². The molecule has 0 aromatic carbocycles. The minimum absolute atomic E-state index is 0.699. The summed E-state index contributed by atoms with van der Waals surface area (Å²) in [5.41, 5.74) is 5.31. The number of hydrogen-bond acceptors (Lipinski definition) is 5. The molecule has 0 aliphatic heterocycles. The molecular weight excluding hydrogens is 166 g/mol. The fourth-order valence-corrected chi connectivity index (χ4v) is 0.829. The predicted molar refractivity (Wildman–Crippen MR) is 55.1 cm³/mol. The van der Waals surface area contributed by atoms with E-state index < -0.39 is 0 Å². The summed E-state index contributed by atoms with van der Waals surface area (Å²) in [4.78, 5) is 0. The van der Waals surface area contributed by atoms with Crippen molar-refractivity contribution < 1.29 is 0 Å². The van der Waals surface area contributed by atoms with Crippen LogP contribution in [-0.2, 0) is 0 Å². The Morgan fingerprint density at radius 1 is 1.00 bits per heavy atom. The zero-order chi connectivity index (χ0) is 9.78. The van der Waals surface area contributed by atoms with Gasteiger partial charge in [0.1, 0.15) is 0 Å². The summed E-state index contributed by atoms with van der Waals surface area (Å²) >= 11 is 0. The van der Waals surface area contributed by atoms with Gasteiger partial charge in [0.15, 0.2) is 0 Å². The molecule has 0 aromatic rings. The highest BCUT2D eigenvalue weighted by Gasteiger charge is 1.85. The van der Waals surface area contributed by atoms with Crippen molar-refractivity contribution in [3.63, 3.8) is 0 Å². The lowest BCUT2D eigenvalue weighted by atomic mass is 10.5. The lowest BCUT2D eigenvalue weighted by molar-refractivity contribution is 0.613. The molecule has 0 aliphatic rings. The number of nitrogens with two attached hydrogens (primary N) is 1. The molecular formula is C8H21N5. The first kappa shape index (κ1) is 12.5. The lowest BCUT2D eigenvalue weighted by Gasteiger charge is -2.03. The third kappa shape index (κ3) is 11.5. The van der Waals surface area contributed by atoms with Gasteiger partial charge in [-0.2, -0.15) is 10.2 Å². The summed E-state index contributed by atoms with van der Waals surface area (Å²) in [5, 5.41) is 14.3. The van der Waals surface area contributed by atoms with E-state index in [4.69, 9.17) is 5.73 Å². The number of nitrogens with zero attached hydrogens (tertiary/aromatic N) is 2. The first-order valence-electron chi connectivity index (χ1n) is 4.86. The van der Waals surface area contributed by atoms with Gasteiger partial charge in [0.25, 0.3) is 0 Å². The first-order valence-corrected chi connectivity index (χ1v) is 4.86. The lowest BCUT2D eigenvalue weighted by Crippen LogP contribution is -2.31. The second-order valence-corrected chi connectivity index (χ2v) is 2.61. The highest BCUT2D eigenvalue weighted by molar-refractivity contribution is 4.53. The molecule has 0 fully saturated rings. The SMILES string of the molecule is CCN=NCCNCCNCCN. The third-order valence-corrected chi connectivity index (χ3v) is 1.43. The van der Waals surface area contributed by atoms with Crippen molar-refractivity contribution in [2.75, 3.05) is 45.8 Å². The van der Waals surface area contributed by atoms with Crippen LogP contribution in [0.4, 0.5) is 0 Å². The maximum absolute atomic E-state index is 5.31. The Balaban J connectivity index is 2.87. The molecule has 0 rings (SSSR count). The van der Waals surface area contributed by atoms with Crippen molar-refractivity contribution in [1.82, 2.24) is 10.6 Å². The van der Waals surface area contributed by atoms with E-state index in [1.165, 1.54) is 0 Å². The van der Waals surface area contributed by atoms with E-state index in [-0.39, 0.29) is 0 Å². The Labute approximate surface area is 80.2 Å². The molecule has 0 bridgehead atoms. The summed E-state index contributed by atoms with van der Waals surface area (Å²) in [6.45, 7) is 7.93. The van der Waals surface area contributed by atoms with Crippen molar-refractivity contribution in [2.24, 2.45) is 16.0 Å². The van der Waals surface area contributed by atoms with Gasteiger partial charge in [-0.1, -0.05) is 0 Å². The molecule has 0 unspecified atom stereocenters. The summed E-state index contributed by atoms with van der Waals surface area (Å²) < 4.78 is 0. The van der Waals surface area contributed by atoms with Gasteiger partial charge in [-0.25, -0.2) is 0 Å². The molecule has 0 saturated heterocycles. The van der Waals surface area contributed by atoms with Crippen molar-refractivity contribution in [3.05, 3.63) is 0 Å². The normalized spacial score (nSPS) is 11.2. The van der Waals surface area contributed by atoms with E-state index in [0.717, 1.165) is 39.3 Å². The van der Waals surface area contributed by atoms with Gasteiger partial charge in [-0.05, 0) is 6.92 Å². The monoisotopic (exact) mass is 187 g/mol. The van der Waals surface area contributed by atoms with E-state index >= 15 is 0 Å². The van der Waals surface area contributed by atoms with Crippen LogP contribution in [-0.4, -0.2) is 45.8 Å². The van der Waals surface area contributed by atoms with Gasteiger partial charge >= 0.3 is 0 Å². The minimum Gasteiger partial charge on any atom is -0.329 e. The van der Waals surface area contributed by atoms with Crippen LogP contribution in [0.2, 0.25) is 0 Å². The van der Waals surface area contributed by atoms with Gasteiger partial charge < -0.3 is 16.4 Å². The molecule has 0 atom stereocenters. The smallest absolute Gasteiger partial charge is 0.0723 e. The molecule has 5 nitrogen and oxygen atoms in total. The van der Waals surface area contributed by atoms with Gasteiger partial charge in [0.05, 0.1) is 13.1 Å². The van der Waals surface area contributed by atoms with Crippen LogP contribution in [0.5, 0.6) is 0 Å². The highest BCUT2D eigenvalue weighted by Crippen LogP contribution is 1.72. The maximum Gasteiger partial charge on any atom is 0.0723 e. The van der Waals surface area contributed by atoms with Crippen molar-refractivity contribution in [3.8, 4) is 0 Å². The second-order valence-electron chi connectivity index (χ2n) is 2.61. The second kappa shape index (κ2) is 11.5. The molecule has 0 radical (unpaired) electrons. The summed E-state index contributed by atoms with van der Waals surface area (Å²) in [6.07, 6.45) is 0. The van der Waals surface area contributed by atoms with E-state index in [1.54, 1.807) is 0 Å². The quantitative estimate of drug-likeness (QED) is 0.339. The van der Waals surface area contributed by atoms with Crippen LogP contribution >= 0.6 is 0 Å². The van der Waals surface area contributed by atoms with E-state index in [9.17, 15) is 0 Å². The average molecular weight is 187 g/mol. The molecule has 78 valence electrons. The Bertz CT molecular complexity index is 115. The molecule has 4 N–H and O–H groups in total. The number of hydrogen-bond donors (Lipinski definition) is 3. The van der Waals surface area contributed by atoms with Gasteiger partial charge in [0.2, 0.25) is 0 Å². The molecule has 0 aromatic heterocycles. The standard InChI is InChI=1S/C8H21N5/c1-2-12-13-8-7-11-6-5-10-4-3-9/h10-11H,2-9H2,1H3. The molecule has 13 heavy (non-hydrogen) atoms. The summed E-state index contributed by atoms with van der Waals surface area (Å²) in [5.74, 6) is 0. The maximum atomic E-state index is 5.31. The predicted octanol–water partition coefficient (Wildman–Crippen LogP) is -0.404. The van der Waals surface area contributed by atoms with Crippen LogP contribution < -0.4 is 16.4 Å². The van der Waals surface area contributed by atoms with Crippen LogP contribution in [0.3, 0.4) is 0 Å². The fraction of sp³-hybridized carbons (Fsp3) is 1.00. The first-order chi connectivity index (χ1) is 6.41. The molecule has 0 saturated carbocycles. The Kier molecular flexibility index (Phi) is 11.0. The fourth-order valence-electron chi connectivity index (χ4n) is 0.829. The molecule has 0 aliphatic carbocycles. The average Bonchev–Trinajstić information content (AvgIpc) is 2.16. The van der Waals surface area contributed by atoms with Crippen LogP contribution in [0.15, 0.2) is 10.2 Å². The van der Waals surface area contributed by atoms with Crippen LogP contribution in [0.25, 0.3) is 0 Å². The Hall–Kier alpha value is -0.520. The Morgan fingerprint density at radius 3 is 2.31 bits per heavy atom. The summed E-state index contributed by atoms with van der Waals surface area (Å²) in [6, 6.07) is 0. The van der Waals surface area contributed by atoms with Gasteiger partial charge in [0, 0.05) is 32.7 Å². The van der Waals surface area contributed by atoms with Crippen LogP contribution in [0, 0.1) is 0 Å². The Morgan fingerprint density at radius 2 is 1.69 bits per heavy atom. The molecule has 0 amide bonds. The number of azo groups is 1. The molecule has 0 heterocycles. The largest absolute Gasteiger partial charge is 0.329 e. The molecule has 0 spiro atoms. The minimum atomic E-state index is 0.699. The highest BCUT2D eigenvalue weighted by atomic mass is 15.1. The molecule has 5 heteroatoms. The zero-order valence-electron chi connectivity index (χ0n) is 8.42. The van der Waals surface area contributed by atoms with Gasteiger partial charge in [-0.3, -0.25) is 0 Å². The topological polar surface area (TPSA) is 74.8 Å². The third-order valence-electron chi connectivity index (χ3n) is 1.43. The number of rotatable bonds is 9. The van der Waals surface area contributed by atoms with E-state index in [1.807, 2.05) is 6.92 Å². The van der Waals surface area contributed by atoms with Crippen molar-refractivity contribution >= 4 is 0 Å².